The molecule has 5 heteroatoms. The van der Waals surface area contributed by atoms with Gasteiger partial charge in [-0.25, -0.2) is 4.79 Å². The van der Waals surface area contributed by atoms with Crippen LogP contribution >= 0.6 is 0 Å². The van der Waals surface area contributed by atoms with Gasteiger partial charge < -0.3 is 9.47 Å². The van der Waals surface area contributed by atoms with Gasteiger partial charge in [0.05, 0.1) is 6.61 Å². The van der Waals surface area contributed by atoms with Crippen molar-refractivity contribution in [1.82, 2.24) is 0 Å². The van der Waals surface area contributed by atoms with E-state index in [9.17, 15) is 13.6 Å². The van der Waals surface area contributed by atoms with E-state index in [0.29, 0.717) is 11.1 Å². The summed E-state index contributed by atoms with van der Waals surface area (Å²) >= 11 is 0. The van der Waals surface area contributed by atoms with Crippen LogP contribution in [0.4, 0.5) is 8.78 Å². The van der Waals surface area contributed by atoms with E-state index < -0.39 is 12.6 Å². The predicted octanol–water partition coefficient (Wildman–Crippen LogP) is 3.25. The van der Waals surface area contributed by atoms with Crippen LogP contribution < -0.4 is 4.74 Å². The number of carbonyl (C=O) groups excluding carboxylic acids is 1. The Hall–Kier alpha value is -1.91. The van der Waals surface area contributed by atoms with E-state index in [-0.39, 0.29) is 12.4 Å². The zero-order valence-electron chi connectivity index (χ0n) is 10.2. The summed E-state index contributed by atoms with van der Waals surface area (Å²) in [6.45, 7) is 0.609. The molecule has 1 rings (SSSR count). The average molecular weight is 256 g/mol. The van der Waals surface area contributed by atoms with Gasteiger partial charge in [0.15, 0.2) is 0 Å². The summed E-state index contributed by atoms with van der Waals surface area (Å²) in [5, 5.41) is 0. The van der Waals surface area contributed by atoms with Gasteiger partial charge >= 0.3 is 12.6 Å². The summed E-state index contributed by atoms with van der Waals surface area (Å²) < 4.78 is 33.5. The maximum absolute atomic E-state index is 12.2. The second-order valence-electron chi connectivity index (χ2n) is 3.46. The molecule has 18 heavy (non-hydrogen) atoms. The number of benzene rings is 1. The van der Waals surface area contributed by atoms with Crippen molar-refractivity contribution < 1.29 is 23.0 Å². The molecule has 0 aliphatic carbocycles. The number of ether oxygens (including phenoxy) is 2. The number of hydrogen-bond acceptors (Lipinski definition) is 3. The molecule has 0 radical (unpaired) electrons. The van der Waals surface area contributed by atoms with E-state index in [1.165, 1.54) is 12.1 Å². The number of esters is 1. The maximum Gasteiger partial charge on any atom is 0.387 e. The molecule has 1 aromatic rings. The number of halogens is 2. The van der Waals surface area contributed by atoms with Crippen LogP contribution in [0.1, 0.15) is 19.4 Å². The van der Waals surface area contributed by atoms with Crippen molar-refractivity contribution >= 4 is 12.0 Å². The molecule has 0 atom stereocenters. The molecule has 0 N–H and O–H groups in total. The minimum atomic E-state index is -2.90. The lowest BCUT2D eigenvalue weighted by molar-refractivity contribution is -0.138. The molecule has 3 nitrogen and oxygen atoms in total. The fourth-order valence-electron chi connectivity index (χ4n) is 1.34. The largest absolute Gasteiger partial charge is 0.463 e. The molecule has 1 aromatic carbocycles. The average Bonchev–Trinajstić information content (AvgIpc) is 2.31. The summed E-state index contributed by atoms with van der Waals surface area (Å²) in [4.78, 5) is 11.4. The van der Waals surface area contributed by atoms with Crippen molar-refractivity contribution in [1.29, 1.82) is 0 Å². The first-order valence-corrected chi connectivity index (χ1v) is 5.43. The van der Waals surface area contributed by atoms with E-state index in [1.54, 1.807) is 32.0 Å². The molecule has 0 aliphatic heterocycles. The lowest BCUT2D eigenvalue weighted by Gasteiger charge is -2.08. The third-order valence-electron chi connectivity index (χ3n) is 2.10. The van der Waals surface area contributed by atoms with Gasteiger partial charge in [0.1, 0.15) is 5.75 Å². The van der Waals surface area contributed by atoms with Gasteiger partial charge in [0.2, 0.25) is 0 Å². The van der Waals surface area contributed by atoms with Crippen molar-refractivity contribution in [3.63, 3.8) is 0 Å². The quantitative estimate of drug-likeness (QED) is 0.599. The minimum Gasteiger partial charge on any atom is -0.463 e. The van der Waals surface area contributed by atoms with Crippen LogP contribution in [-0.2, 0) is 9.53 Å². The van der Waals surface area contributed by atoms with Crippen molar-refractivity contribution in [2.75, 3.05) is 6.61 Å². The molecule has 0 unspecified atom stereocenters. The second kappa shape index (κ2) is 6.74. The van der Waals surface area contributed by atoms with Crippen LogP contribution in [0.3, 0.4) is 0 Å². The van der Waals surface area contributed by atoms with Crippen LogP contribution in [-0.4, -0.2) is 19.2 Å². The smallest absolute Gasteiger partial charge is 0.387 e. The molecular weight excluding hydrogens is 242 g/mol. The number of hydrogen-bond donors (Lipinski definition) is 0. The Morgan fingerprint density at radius 2 is 2.06 bits per heavy atom. The van der Waals surface area contributed by atoms with Gasteiger partial charge in [-0.1, -0.05) is 18.2 Å². The molecule has 0 aromatic heterocycles. The van der Waals surface area contributed by atoms with Crippen LogP contribution in [0.15, 0.2) is 29.8 Å². The standard InChI is InChI=1S/C13H14F2O3/c1-3-17-12(16)9(2)8-10-6-4-5-7-11(10)18-13(14)15/h4-8,13H,3H2,1-2H3/b9-8+. The number of rotatable bonds is 5. The first kappa shape index (κ1) is 14.2. The molecule has 0 spiro atoms. The fraction of sp³-hybridized carbons (Fsp3) is 0.308. The summed E-state index contributed by atoms with van der Waals surface area (Å²) in [6, 6.07) is 6.24. The highest BCUT2D eigenvalue weighted by molar-refractivity contribution is 5.93. The second-order valence-corrected chi connectivity index (χ2v) is 3.46. The maximum atomic E-state index is 12.2. The van der Waals surface area contributed by atoms with Crippen LogP contribution in [0.2, 0.25) is 0 Å². The predicted molar refractivity (Wildman–Crippen MR) is 63.4 cm³/mol. The Morgan fingerprint density at radius 1 is 1.39 bits per heavy atom. The molecule has 0 heterocycles. The van der Waals surface area contributed by atoms with E-state index in [4.69, 9.17) is 4.74 Å². The molecular formula is C13H14F2O3. The highest BCUT2D eigenvalue weighted by Crippen LogP contribution is 2.23. The molecule has 0 amide bonds. The zero-order valence-corrected chi connectivity index (χ0v) is 10.2. The monoisotopic (exact) mass is 256 g/mol. The Bertz CT molecular complexity index is 442. The topological polar surface area (TPSA) is 35.5 Å². The van der Waals surface area contributed by atoms with E-state index >= 15 is 0 Å². The van der Waals surface area contributed by atoms with Gasteiger partial charge in [0.25, 0.3) is 0 Å². The van der Waals surface area contributed by atoms with Gasteiger partial charge in [-0.3, -0.25) is 0 Å². The molecule has 0 bridgehead atoms. The van der Waals surface area contributed by atoms with Crippen LogP contribution in [0.5, 0.6) is 5.75 Å². The Morgan fingerprint density at radius 3 is 2.67 bits per heavy atom. The zero-order chi connectivity index (χ0) is 13.5. The Balaban J connectivity index is 2.95. The summed E-state index contributed by atoms with van der Waals surface area (Å²) in [5.41, 5.74) is 0.727. The number of alkyl halides is 2. The summed E-state index contributed by atoms with van der Waals surface area (Å²) in [6.07, 6.45) is 1.45. The lowest BCUT2D eigenvalue weighted by Crippen LogP contribution is -2.06. The van der Waals surface area contributed by atoms with Crippen molar-refractivity contribution in [2.45, 2.75) is 20.5 Å². The normalized spacial score (nSPS) is 11.5. The van der Waals surface area contributed by atoms with Gasteiger partial charge in [-0.2, -0.15) is 8.78 Å². The van der Waals surface area contributed by atoms with Gasteiger partial charge in [0, 0.05) is 11.1 Å². The van der Waals surface area contributed by atoms with E-state index in [0.717, 1.165) is 0 Å². The summed E-state index contributed by atoms with van der Waals surface area (Å²) in [5.74, 6) is -0.458. The Kier molecular flexibility index (Phi) is 5.30. The lowest BCUT2D eigenvalue weighted by atomic mass is 10.1. The minimum absolute atomic E-state index is 0.0242. The van der Waals surface area contributed by atoms with E-state index in [2.05, 4.69) is 4.74 Å². The van der Waals surface area contributed by atoms with Crippen LogP contribution in [0.25, 0.3) is 6.08 Å². The highest BCUT2D eigenvalue weighted by atomic mass is 19.3. The number of carbonyl (C=O) groups is 1. The fourth-order valence-corrected chi connectivity index (χ4v) is 1.34. The first-order chi connectivity index (χ1) is 8.54. The first-order valence-electron chi connectivity index (χ1n) is 5.43. The van der Waals surface area contributed by atoms with Crippen LogP contribution in [0, 0.1) is 0 Å². The Labute approximate surface area is 104 Å². The highest BCUT2D eigenvalue weighted by Gasteiger charge is 2.10. The third kappa shape index (κ3) is 4.16. The van der Waals surface area contributed by atoms with Crippen molar-refractivity contribution in [3.05, 3.63) is 35.4 Å². The summed E-state index contributed by atoms with van der Waals surface area (Å²) in [7, 11) is 0. The SMILES string of the molecule is CCOC(=O)/C(C)=C/c1ccccc1OC(F)F. The molecule has 98 valence electrons. The third-order valence-corrected chi connectivity index (χ3v) is 2.10. The molecule has 0 saturated carbocycles. The molecule has 0 fully saturated rings. The number of para-hydroxylation sites is 1. The molecule has 0 saturated heterocycles. The van der Waals surface area contributed by atoms with E-state index in [1.807, 2.05) is 0 Å². The van der Waals surface area contributed by atoms with Gasteiger partial charge in [-0.15, -0.1) is 0 Å². The van der Waals surface area contributed by atoms with Gasteiger partial charge in [-0.05, 0) is 26.0 Å². The van der Waals surface area contributed by atoms with Crippen molar-refractivity contribution in [2.24, 2.45) is 0 Å². The molecule has 0 aliphatic rings. The van der Waals surface area contributed by atoms with Crippen molar-refractivity contribution in [3.8, 4) is 5.75 Å².